The second kappa shape index (κ2) is 5.70. The largest absolute Gasteiger partial charge is 0.349 e. The van der Waals surface area contributed by atoms with E-state index in [2.05, 4.69) is 56.1 Å². The Morgan fingerprint density at radius 3 is 2.25 bits per heavy atom. The number of halogens is 1. The van der Waals surface area contributed by atoms with E-state index in [-0.39, 0.29) is 5.57 Å². The molecule has 0 N–H and O–H groups in total. The zero-order valence-corrected chi connectivity index (χ0v) is 14.4. The van der Waals surface area contributed by atoms with E-state index in [0.717, 1.165) is 29.8 Å². The molecule has 5 heteroatoms. The van der Waals surface area contributed by atoms with E-state index in [4.69, 9.17) is 10.5 Å². The van der Waals surface area contributed by atoms with Gasteiger partial charge < -0.3 is 9.80 Å². The van der Waals surface area contributed by atoms with Gasteiger partial charge in [-0.05, 0) is 53.1 Å². The van der Waals surface area contributed by atoms with E-state index in [9.17, 15) is 0 Å². The van der Waals surface area contributed by atoms with Crippen LogP contribution >= 0.6 is 15.9 Å². The standard InChI is InChI=1S/C19H13BrN4/c20-17-2-4-19-16(7-17)11-24-12-23(19)10-15-6-13(1-3-18(15)24)5-14(8-21)9-22/h1-7H,10-12H2. The third-order valence-electron chi connectivity index (χ3n) is 4.44. The summed E-state index contributed by atoms with van der Waals surface area (Å²) in [5.41, 5.74) is 6.06. The van der Waals surface area contributed by atoms with Gasteiger partial charge in [-0.3, -0.25) is 0 Å². The number of hydrogen-bond acceptors (Lipinski definition) is 4. The minimum atomic E-state index is 0.127. The maximum absolute atomic E-state index is 8.93. The second-order valence-corrected chi connectivity index (χ2v) is 6.90. The van der Waals surface area contributed by atoms with Crippen LogP contribution < -0.4 is 9.80 Å². The number of nitrogens with zero attached hydrogens (tertiary/aromatic N) is 4. The lowest BCUT2D eigenvalue weighted by atomic mass is 9.99. The van der Waals surface area contributed by atoms with Gasteiger partial charge in [-0.15, -0.1) is 0 Å². The number of hydrogen-bond donors (Lipinski definition) is 0. The van der Waals surface area contributed by atoms with Crippen LogP contribution in [0, 0.1) is 22.7 Å². The summed E-state index contributed by atoms with van der Waals surface area (Å²) < 4.78 is 1.10. The molecule has 2 bridgehead atoms. The molecule has 2 aromatic carbocycles. The zero-order valence-electron chi connectivity index (χ0n) is 12.8. The smallest absolute Gasteiger partial charge is 0.130 e. The highest BCUT2D eigenvalue weighted by Gasteiger charge is 2.29. The topological polar surface area (TPSA) is 54.1 Å². The Morgan fingerprint density at radius 1 is 0.958 bits per heavy atom. The van der Waals surface area contributed by atoms with E-state index in [1.165, 1.54) is 22.5 Å². The van der Waals surface area contributed by atoms with E-state index in [1.807, 2.05) is 18.2 Å². The van der Waals surface area contributed by atoms with Crippen molar-refractivity contribution in [2.75, 3.05) is 16.5 Å². The molecule has 2 aliphatic rings. The van der Waals surface area contributed by atoms with Crippen molar-refractivity contribution >= 4 is 33.4 Å². The van der Waals surface area contributed by atoms with Crippen LogP contribution in [0.3, 0.4) is 0 Å². The van der Waals surface area contributed by atoms with Crippen molar-refractivity contribution in [2.45, 2.75) is 13.1 Å². The number of anilines is 2. The van der Waals surface area contributed by atoms with Crippen LogP contribution in [0.1, 0.15) is 16.7 Å². The van der Waals surface area contributed by atoms with Crippen molar-refractivity contribution in [3.8, 4) is 12.1 Å². The zero-order chi connectivity index (χ0) is 16.7. The predicted molar refractivity (Wildman–Crippen MR) is 97.0 cm³/mol. The molecule has 4 nitrogen and oxygen atoms in total. The van der Waals surface area contributed by atoms with Gasteiger partial charge in [0.25, 0.3) is 0 Å². The first-order valence-corrected chi connectivity index (χ1v) is 8.40. The summed E-state index contributed by atoms with van der Waals surface area (Å²) in [4.78, 5) is 4.72. The lowest BCUT2D eigenvalue weighted by Gasteiger charge is -2.45. The van der Waals surface area contributed by atoms with Gasteiger partial charge in [0.05, 0.1) is 6.67 Å². The average Bonchev–Trinajstić information content (AvgIpc) is 2.59. The summed E-state index contributed by atoms with van der Waals surface area (Å²) in [5.74, 6) is 0. The first-order chi connectivity index (χ1) is 11.7. The van der Waals surface area contributed by atoms with Crippen molar-refractivity contribution in [3.63, 3.8) is 0 Å². The van der Waals surface area contributed by atoms with Gasteiger partial charge in [0.1, 0.15) is 17.7 Å². The molecule has 0 unspecified atom stereocenters. The molecule has 2 aromatic rings. The van der Waals surface area contributed by atoms with Crippen LogP contribution in [0.5, 0.6) is 0 Å². The Bertz CT molecular complexity index is 933. The van der Waals surface area contributed by atoms with Gasteiger partial charge in [0.15, 0.2) is 0 Å². The van der Waals surface area contributed by atoms with Crippen LogP contribution in [0.25, 0.3) is 6.08 Å². The summed E-state index contributed by atoms with van der Waals surface area (Å²) in [6.07, 6.45) is 1.64. The molecular formula is C19H13BrN4. The van der Waals surface area contributed by atoms with Gasteiger partial charge in [-0.25, -0.2) is 0 Å². The van der Waals surface area contributed by atoms with Crippen molar-refractivity contribution in [1.82, 2.24) is 0 Å². The fourth-order valence-electron chi connectivity index (χ4n) is 3.42. The number of allylic oxidation sites excluding steroid dienone is 1. The highest BCUT2D eigenvalue weighted by Crippen LogP contribution is 2.39. The Labute approximate surface area is 149 Å². The summed E-state index contributed by atoms with van der Waals surface area (Å²) in [5, 5.41) is 17.9. The molecule has 0 spiro atoms. The molecule has 116 valence electrons. The normalized spacial score (nSPS) is 14.1. The molecule has 0 atom stereocenters. The minimum absolute atomic E-state index is 0.127. The lowest BCUT2D eigenvalue weighted by molar-refractivity contribution is 0.650. The van der Waals surface area contributed by atoms with Crippen LogP contribution in [0.15, 0.2) is 46.4 Å². The molecule has 0 radical (unpaired) electrons. The first kappa shape index (κ1) is 14.8. The molecule has 0 fully saturated rings. The predicted octanol–water partition coefficient (Wildman–Crippen LogP) is 4.18. The Hall–Kier alpha value is -2.76. The molecule has 0 aliphatic carbocycles. The number of rotatable bonds is 1. The third kappa shape index (κ3) is 2.44. The average molecular weight is 377 g/mol. The molecule has 0 amide bonds. The van der Waals surface area contributed by atoms with Crippen LogP contribution in [-0.4, -0.2) is 6.67 Å². The van der Waals surface area contributed by atoms with Gasteiger partial charge in [-0.1, -0.05) is 22.0 Å². The number of benzene rings is 2. The summed E-state index contributed by atoms with van der Waals surface area (Å²) >= 11 is 3.55. The van der Waals surface area contributed by atoms with E-state index >= 15 is 0 Å². The molecule has 4 rings (SSSR count). The van der Waals surface area contributed by atoms with Gasteiger partial charge >= 0.3 is 0 Å². The van der Waals surface area contributed by atoms with Gasteiger partial charge in [-0.2, -0.15) is 10.5 Å². The van der Waals surface area contributed by atoms with E-state index in [1.54, 1.807) is 6.08 Å². The van der Waals surface area contributed by atoms with Crippen molar-refractivity contribution in [1.29, 1.82) is 10.5 Å². The van der Waals surface area contributed by atoms with Crippen molar-refractivity contribution in [3.05, 3.63) is 63.1 Å². The monoisotopic (exact) mass is 376 g/mol. The van der Waals surface area contributed by atoms with E-state index in [0.29, 0.717) is 0 Å². The first-order valence-electron chi connectivity index (χ1n) is 7.61. The van der Waals surface area contributed by atoms with Gasteiger partial charge in [0.2, 0.25) is 0 Å². The van der Waals surface area contributed by atoms with Gasteiger partial charge in [0, 0.05) is 28.9 Å². The maximum Gasteiger partial charge on any atom is 0.130 e. The van der Waals surface area contributed by atoms with E-state index < -0.39 is 0 Å². The number of fused-ring (bicyclic) bond motifs is 6. The third-order valence-corrected chi connectivity index (χ3v) is 4.94. The lowest BCUT2D eigenvalue weighted by Crippen LogP contribution is -2.46. The minimum Gasteiger partial charge on any atom is -0.349 e. The molecule has 2 heterocycles. The molecule has 0 aromatic heterocycles. The van der Waals surface area contributed by atoms with Crippen LogP contribution in [0.2, 0.25) is 0 Å². The maximum atomic E-state index is 8.93. The summed E-state index contributed by atoms with van der Waals surface area (Å²) in [6, 6.07) is 16.4. The van der Waals surface area contributed by atoms with Crippen LogP contribution in [0.4, 0.5) is 11.4 Å². The summed E-state index contributed by atoms with van der Waals surface area (Å²) in [7, 11) is 0. The molecule has 24 heavy (non-hydrogen) atoms. The Kier molecular flexibility index (Phi) is 3.52. The van der Waals surface area contributed by atoms with Crippen molar-refractivity contribution < 1.29 is 0 Å². The quantitative estimate of drug-likeness (QED) is 0.700. The molecule has 0 saturated heterocycles. The molecule has 2 aliphatic heterocycles. The fraction of sp³-hybridized carbons (Fsp3) is 0.158. The Morgan fingerprint density at radius 2 is 1.58 bits per heavy atom. The highest BCUT2D eigenvalue weighted by atomic mass is 79.9. The van der Waals surface area contributed by atoms with Crippen molar-refractivity contribution in [2.24, 2.45) is 0 Å². The fourth-order valence-corrected chi connectivity index (χ4v) is 3.82. The summed E-state index contributed by atoms with van der Waals surface area (Å²) in [6.45, 7) is 2.60. The SMILES string of the molecule is N#CC(C#N)=Cc1ccc2c(c1)CN1CN2Cc2cc(Br)ccc21. The molecular weight excluding hydrogens is 364 g/mol. The van der Waals surface area contributed by atoms with Crippen LogP contribution in [-0.2, 0) is 13.1 Å². The highest BCUT2D eigenvalue weighted by molar-refractivity contribution is 9.10. The molecule has 0 saturated carbocycles. The second-order valence-electron chi connectivity index (χ2n) is 5.98. The Balaban J connectivity index is 1.74. The number of nitriles is 2.